The number of piperazine rings is 1. The van der Waals surface area contributed by atoms with E-state index >= 15 is 0 Å². The van der Waals surface area contributed by atoms with Crippen LogP contribution >= 0.6 is 0 Å². The van der Waals surface area contributed by atoms with Gasteiger partial charge in [-0.1, -0.05) is 6.92 Å². The van der Waals surface area contributed by atoms with Crippen molar-refractivity contribution in [2.75, 3.05) is 26.2 Å². The second-order valence-electron chi connectivity index (χ2n) is 6.03. The Balaban J connectivity index is 1.96. The zero-order valence-corrected chi connectivity index (χ0v) is 13.2. The van der Waals surface area contributed by atoms with Crippen LogP contribution in [0.4, 0.5) is 8.78 Å². The summed E-state index contributed by atoms with van der Waals surface area (Å²) < 4.78 is 27.4. The molecule has 1 aromatic rings. The molecule has 0 aromatic carbocycles. The van der Waals surface area contributed by atoms with E-state index < -0.39 is 6.43 Å². The third-order valence-corrected chi connectivity index (χ3v) is 4.20. The first-order valence-corrected chi connectivity index (χ1v) is 7.77. The minimum Gasteiger partial charge on any atom is -0.331 e. The maximum absolute atomic E-state index is 12.6. The zero-order chi connectivity index (χ0) is 15.4. The van der Waals surface area contributed by atoms with Crippen LogP contribution in [0.25, 0.3) is 0 Å². The van der Waals surface area contributed by atoms with Crippen LogP contribution in [0, 0.1) is 0 Å². The van der Waals surface area contributed by atoms with Gasteiger partial charge in [0.1, 0.15) is 5.82 Å². The van der Waals surface area contributed by atoms with Gasteiger partial charge in [-0.05, 0) is 20.3 Å². The average molecular weight is 300 g/mol. The molecule has 0 aliphatic carbocycles. The number of rotatable bonds is 6. The maximum Gasteiger partial charge on any atom is 0.251 e. The van der Waals surface area contributed by atoms with Gasteiger partial charge in [-0.15, -0.1) is 0 Å². The lowest BCUT2D eigenvalue weighted by Gasteiger charge is -2.41. The van der Waals surface area contributed by atoms with Crippen molar-refractivity contribution in [3.8, 4) is 0 Å². The van der Waals surface area contributed by atoms with E-state index in [0.717, 1.165) is 31.9 Å². The second-order valence-corrected chi connectivity index (χ2v) is 6.03. The predicted octanol–water partition coefficient (Wildman–Crippen LogP) is 2.63. The molecule has 2 rings (SSSR count). The van der Waals surface area contributed by atoms with E-state index in [1.54, 1.807) is 0 Å². The lowest BCUT2D eigenvalue weighted by Crippen LogP contribution is -2.53. The maximum atomic E-state index is 12.6. The van der Waals surface area contributed by atoms with Gasteiger partial charge in [0.15, 0.2) is 0 Å². The molecule has 4 nitrogen and oxygen atoms in total. The predicted molar refractivity (Wildman–Crippen MR) is 79.5 cm³/mol. The van der Waals surface area contributed by atoms with Gasteiger partial charge < -0.3 is 4.57 Å². The van der Waals surface area contributed by atoms with Crippen LogP contribution in [0.15, 0.2) is 12.4 Å². The molecular weight excluding hydrogens is 274 g/mol. The van der Waals surface area contributed by atoms with Crippen molar-refractivity contribution in [3.63, 3.8) is 0 Å². The normalized spacial score (nSPS) is 21.6. The van der Waals surface area contributed by atoms with Gasteiger partial charge in [-0.2, -0.15) is 0 Å². The molecule has 1 aliphatic heterocycles. The van der Waals surface area contributed by atoms with Crippen molar-refractivity contribution in [3.05, 3.63) is 18.2 Å². The molecule has 6 heteroatoms. The van der Waals surface area contributed by atoms with Gasteiger partial charge in [0.05, 0.1) is 13.1 Å². The summed E-state index contributed by atoms with van der Waals surface area (Å²) in [6.45, 7) is 9.42. The van der Waals surface area contributed by atoms with Gasteiger partial charge in [0.25, 0.3) is 6.43 Å². The highest BCUT2D eigenvalue weighted by molar-refractivity contribution is 4.95. The van der Waals surface area contributed by atoms with E-state index in [2.05, 4.69) is 35.2 Å². The number of aromatic nitrogens is 2. The van der Waals surface area contributed by atoms with Gasteiger partial charge in [-0.25, -0.2) is 13.8 Å². The highest BCUT2D eigenvalue weighted by Gasteiger charge is 2.28. The fraction of sp³-hybridized carbons (Fsp3) is 0.800. The van der Waals surface area contributed by atoms with E-state index in [9.17, 15) is 8.78 Å². The van der Waals surface area contributed by atoms with Crippen LogP contribution in [-0.2, 0) is 6.54 Å². The number of nitrogens with zero attached hydrogens (tertiary/aromatic N) is 4. The molecule has 1 saturated heterocycles. The summed E-state index contributed by atoms with van der Waals surface area (Å²) in [7, 11) is 0. The Morgan fingerprint density at radius 2 is 2.10 bits per heavy atom. The highest BCUT2D eigenvalue weighted by atomic mass is 19.3. The molecule has 0 unspecified atom stereocenters. The molecule has 1 aromatic heterocycles. The third-order valence-electron chi connectivity index (χ3n) is 4.20. The molecule has 0 N–H and O–H groups in total. The second kappa shape index (κ2) is 7.31. The van der Waals surface area contributed by atoms with Crippen LogP contribution in [0.1, 0.15) is 39.1 Å². The van der Waals surface area contributed by atoms with Crippen LogP contribution in [0.2, 0.25) is 0 Å². The molecule has 0 amide bonds. The van der Waals surface area contributed by atoms with Crippen LogP contribution < -0.4 is 0 Å². The fourth-order valence-corrected chi connectivity index (χ4v) is 3.04. The van der Waals surface area contributed by atoms with E-state index in [1.807, 2.05) is 17.3 Å². The van der Waals surface area contributed by atoms with Crippen LogP contribution in [-0.4, -0.2) is 58.0 Å². The van der Waals surface area contributed by atoms with Gasteiger partial charge >= 0.3 is 0 Å². The van der Waals surface area contributed by atoms with Gasteiger partial charge in [-0.3, -0.25) is 9.80 Å². The van der Waals surface area contributed by atoms with E-state index in [-0.39, 0.29) is 12.6 Å². The molecule has 0 saturated carbocycles. The van der Waals surface area contributed by atoms with Crippen molar-refractivity contribution in [1.29, 1.82) is 0 Å². The number of imidazole rings is 1. The zero-order valence-electron chi connectivity index (χ0n) is 13.2. The molecule has 0 bridgehead atoms. The van der Waals surface area contributed by atoms with E-state index in [0.29, 0.717) is 12.6 Å². The van der Waals surface area contributed by atoms with Crippen LogP contribution in [0.3, 0.4) is 0 Å². The molecule has 1 aliphatic rings. The third kappa shape index (κ3) is 4.23. The summed E-state index contributed by atoms with van der Waals surface area (Å²) in [6.07, 6.45) is 2.50. The largest absolute Gasteiger partial charge is 0.331 e. The lowest BCUT2D eigenvalue weighted by atomic mass is 10.1. The Labute approximate surface area is 125 Å². The summed E-state index contributed by atoms with van der Waals surface area (Å²) in [4.78, 5) is 8.69. The summed E-state index contributed by atoms with van der Waals surface area (Å²) in [5.41, 5.74) is 0. The first kappa shape index (κ1) is 16.4. The highest BCUT2D eigenvalue weighted by Crippen LogP contribution is 2.17. The Kier molecular flexibility index (Phi) is 5.70. The average Bonchev–Trinajstić information content (AvgIpc) is 2.88. The minimum atomic E-state index is -2.24. The molecule has 1 atom stereocenters. The molecule has 21 heavy (non-hydrogen) atoms. The topological polar surface area (TPSA) is 24.3 Å². The standard InChI is InChI=1S/C15H26F2N4/c1-4-13-9-19(7-8-20(13)10-14(16)17)11-15-18-5-6-21(15)12(2)3/h5-6,12-14H,4,7-11H2,1-3H3/t13-/m1/s1. The summed E-state index contributed by atoms with van der Waals surface area (Å²) in [6, 6.07) is 0.611. The number of halogens is 2. The summed E-state index contributed by atoms with van der Waals surface area (Å²) in [5, 5.41) is 0. The molecule has 0 spiro atoms. The Bertz CT molecular complexity index is 433. The Morgan fingerprint density at radius 1 is 1.33 bits per heavy atom. The molecular formula is C15H26F2N4. The quantitative estimate of drug-likeness (QED) is 0.807. The molecule has 1 fully saturated rings. The fourth-order valence-electron chi connectivity index (χ4n) is 3.04. The van der Waals surface area contributed by atoms with Crippen molar-refractivity contribution < 1.29 is 8.78 Å². The van der Waals surface area contributed by atoms with E-state index in [4.69, 9.17) is 0 Å². The monoisotopic (exact) mass is 300 g/mol. The first-order valence-electron chi connectivity index (χ1n) is 7.77. The first-order chi connectivity index (χ1) is 10.0. The van der Waals surface area contributed by atoms with Crippen molar-refractivity contribution in [2.24, 2.45) is 0 Å². The molecule has 0 radical (unpaired) electrons. The van der Waals surface area contributed by atoms with Crippen molar-refractivity contribution >= 4 is 0 Å². The summed E-state index contributed by atoms with van der Waals surface area (Å²) in [5.74, 6) is 1.06. The van der Waals surface area contributed by atoms with Gasteiger partial charge in [0, 0.05) is 44.1 Å². The molecule has 2 heterocycles. The number of hydrogen-bond donors (Lipinski definition) is 0. The molecule has 120 valence electrons. The number of hydrogen-bond acceptors (Lipinski definition) is 3. The van der Waals surface area contributed by atoms with Gasteiger partial charge in [0.2, 0.25) is 0 Å². The van der Waals surface area contributed by atoms with Crippen LogP contribution in [0.5, 0.6) is 0 Å². The summed E-state index contributed by atoms with van der Waals surface area (Å²) >= 11 is 0. The minimum absolute atomic E-state index is 0.104. The lowest BCUT2D eigenvalue weighted by molar-refractivity contribution is 0.0159. The SMILES string of the molecule is CC[C@@H]1CN(Cc2nccn2C(C)C)CCN1CC(F)F. The smallest absolute Gasteiger partial charge is 0.251 e. The van der Waals surface area contributed by atoms with E-state index in [1.165, 1.54) is 0 Å². The van der Waals surface area contributed by atoms with Crippen molar-refractivity contribution in [2.45, 2.75) is 52.2 Å². The number of alkyl halides is 2. The van der Waals surface area contributed by atoms with Crippen molar-refractivity contribution in [1.82, 2.24) is 19.4 Å². The Hall–Kier alpha value is -1.01. The Morgan fingerprint density at radius 3 is 2.71 bits per heavy atom.